The second-order valence-electron chi connectivity index (χ2n) is 6.31. The zero-order valence-corrected chi connectivity index (χ0v) is 14.9. The molecule has 1 N–H and O–H groups in total. The standard InChI is InChI=1S/C20H19N3O4/c1-23-20(25)15-5-3-2-4-14(15)18(22-23)19(24)21-9-8-13-6-7-16-17(12-13)27-11-10-26-16/h2-7,12H,8-11H2,1H3,(H,21,24). The third-order valence-corrected chi connectivity index (χ3v) is 4.48. The first-order chi connectivity index (χ1) is 13.1. The highest BCUT2D eigenvalue weighted by atomic mass is 16.6. The first-order valence-electron chi connectivity index (χ1n) is 8.76. The molecular weight excluding hydrogens is 346 g/mol. The van der Waals surface area contributed by atoms with Gasteiger partial charge >= 0.3 is 0 Å². The fourth-order valence-corrected chi connectivity index (χ4v) is 3.11. The number of nitrogens with one attached hydrogen (secondary N) is 1. The summed E-state index contributed by atoms with van der Waals surface area (Å²) in [5, 5.41) is 8.05. The summed E-state index contributed by atoms with van der Waals surface area (Å²) in [6.07, 6.45) is 0.645. The number of aryl methyl sites for hydroxylation is 1. The Balaban J connectivity index is 1.48. The molecule has 2 heterocycles. The third kappa shape index (κ3) is 3.36. The molecule has 0 fully saturated rings. The van der Waals surface area contributed by atoms with E-state index in [4.69, 9.17) is 9.47 Å². The zero-order valence-electron chi connectivity index (χ0n) is 14.9. The van der Waals surface area contributed by atoms with E-state index in [9.17, 15) is 9.59 Å². The van der Waals surface area contributed by atoms with Gasteiger partial charge in [0.15, 0.2) is 17.2 Å². The van der Waals surface area contributed by atoms with Gasteiger partial charge in [-0.15, -0.1) is 0 Å². The van der Waals surface area contributed by atoms with Crippen LogP contribution in [0.1, 0.15) is 16.1 Å². The van der Waals surface area contributed by atoms with Crippen LogP contribution in [0.5, 0.6) is 11.5 Å². The molecule has 0 atom stereocenters. The molecule has 1 aliphatic rings. The molecule has 0 radical (unpaired) electrons. The molecule has 7 heteroatoms. The van der Waals surface area contributed by atoms with Crippen molar-refractivity contribution in [3.05, 3.63) is 64.1 Å². The maximum atomic E-state index is 12.6. The van der Waals surface area contributed by atoms with E-state index in [2.05, 4.69) is 10.4 Å². The molecule has 0 spiro atoms. The smallest absolute Gasteiger partial charge is 0.274 e. The predicted octanol–water partition coefficient (Wildman–Crippen LogP) is 1.68. The molecule has 1 aliphatic heterocycles. The number of hydrogen-bond acceptors (Lipinski definition) is 5. The highest BCUT2D eigenvalue weighted by Gasteiger charge is 2.16. The molecule has 1 amide bonds. The summed E-state index contributed by atoms with van der Waals surface area (Å²) >= 11 is 0. The molecule has 0 aliphatic carbocycles. The average Bonchev–Trinajstić information content (AvgIpc) is 2.70. The van der Waals surface area contributed by atoms with Gasteiger partial charge in [0.2, 0.25) is 0 Å². The van der Waals surface area contributed by atoms with Gasteiger partial charge in [-0.25, -0.2) is 4.68 Å². The minimum absolute atomic E-state index is 0.224. The third-order valence-electron chi connectivity index (χ3n) is 4.48. The van der Waals surface area contributed by atoms with E-state index in [-0.39, 0.29) is 17.2 Å². The van der Waals surface area contributed by atoms with Crippen LogP contribution in [0.15, 0.2) is 47.3 Å². The fraction of sp³-hybridized carbons (Fsp3) is 0.250. The second-order valence-corrected chi connectivity index (χ2v) is 6.31. The monoisotopic (exact) mass is 365 g/mol. The van der Waals surface area contributed by atoms with Crippen molar-refractivity contribution in [1.29, 1.82) is 0 Å². The normalized spacial score (nSPS) is 12.8. The molecule has 27 heavy (non-hydrogen) atoms. The van der Waals surface area contributed by atoms with E-state index in [0.717, 1.165) is 17.1 Å². The Morgan fingerprint density at radius 1 is 1.11 bits per heavy atom. The highest BCUT2D eigenvalue weighted by molar-refractivity contribution is 6.04. The summed E-state index contributed by atoms with van der Waals surface area (Å²) < 4.78 is 12.3. The van der Waals surface area contributed by atoms with Crippen LogP contribution >= 0.6 is 0 Å². The Morgan fingerprint density at radius 3 is 2.67 bits per heavy atom. The number of hydrogen-bond donors (Lipinski definition) is 1. The maximum Gasteiger partial charge on any atom is 0.274 e. The van der Waals surface area contributed by atoms with Gasteiger partial charge in [-0.05, 0) is 30.2 Å². The summed E-state index contributed by atoms with van der Waals surface area (Å²) in [5.41, 5.74) is 1.06. The number of fused-ring (bicyclic) bond motifs is 2. The zero-order chi connectivity index (χ0) is 18.8. The van der Waals surface area contributed by atoms with E-state index < -0.39 is 0 Å². The molecule has 4 rings (SSSR count). The van der Waals surface area contributed by atoms with Gasteiger partial charge < -0.3 is 14.8 Å². The van der Waals surface area contributed by atoms with Crippen LogP contribution < -0.4 is 20.3 Å². The Bertz CT molecular complexity index is 1070. The summed E-state index contributed by atoms with van der Waals surface area (Å²) in [7, 11) is 1.54. The average molecular weight is 365 g/mol. The van der Waals surface area contributed by atoms with E-state index in [1.165, 1.54) is 4.68 Å². The van der Waals surface area contributed by atoms with Crippen LogP contribution in [0.25, 0.3) is 10.8 Å². The van der Waals surface area contributed by atoms with Gasteiger partial charge in [-0.2, -0.15) is 5.10 Å². The molecular formula is C20H19N3O4. The molecule has 0 saturated carbocycles. The lowest BCUT2D eigenvalue weighted by Gasteiger charge is -2.18. The number of amides is 1. The van der Waals surface area contributed by atoms with Crippen LogP contribution in [0.4, 0.5) is 0 Å². The molecule has 7 nitrogen and oxygen atoms in total. The predicted molar refractivity (Wildman–Crippen MR) is 100 cm³/mol. The first-order valence-corrected chi connectivity index (χ1v) is 8.76. The van der Waals surface area contributed by atoms with Crippen molar-refractivity contribution in [2.75, 3.05) is 19.8 Å². The number of nitrogens with zero attached hydrogens (tertiary/aromatic N) is 2. The van der Waals surface area contributed by atoms with E-state index in [0.29, 0.717) is 37.0 Å². The van der Waals surface area contributed by atoms with Crippen LogP contribution in [-0.4, -0.2) is 35.4 Å². The van der Waals surface area contributed by atoms with E-state index in [1.54, 1.807) is 31.3 Å². The molecule has 138 valence electrons. The molecule has 0 unspecified atom stereocenters. The highest BCUT2D eigenvalue weighted by Crippen LogP contribution is 2.30. The Morgan fingerprint density at radius 2 is 1.85 bits per heavy atom. The van der Waals surface area contributed by atoms with Crippen LogP contribution in [0, 0.1) is 0 Å². The Hall–Kier alpha value is -3.35. The van der Waals surface area contributed by atoms with Crippen molar-refractivity contribution in [3.8, 4) is 11.5 Å². The van der Waals surface area contributed by atoms with Crippen LogP contribution in [0.3, 0.4) is 0 Å². The lowest BCUT2D eigenvalue weighted by Crippen LogP contribution is -2.30. The number of rotatable bonds is 4. The quantitative estimate of drug-likeness (QED) is 0.761. The molecule has 0 bridgehead atoms. The summed E-state index contributed by atoms with van der Waals surface area (Å²) in [6, 6.07) is 12.8. The number of carbonyl (C=O) groups excluding carboxylic acids is 1. The summed E-state index contributed by atoms with van der Waals surface area (Å²) in [4.78, 5) is 24.8. The minimum atomic E-state index is -0.306. The topological polar surface area (TPSA) is 82.5 Å². The van der Waals surface area contributed by atoms with Crippen LogP contribution in [0.2, 0.25) is 0 Å². The number of ether oxygens (including phenoxy) is 2. The maximum absolute atomic E-state index is 12.6. The summed E-state index contributed by atoms with van der Waals surface area (Å²) in [5.74, 6) is 1.17. The Labute approximate surface area is 155 Å². The van der Waals surface area contributed by atoms with Crippen LogP contribution in [-0.2, 0) is 13.5 Å². The largest absolute Gasteiger partial charge is 0.486 e. The van der Waals surface area contributed by atoms with Crippen molar-refractivity contribution < 1.29 is 14.3 Å². The van der Waals surface area contributed by atoms with E-state index in [1.807, 2.05) is 18.2 Å². The molecule has 0 saturated heterocycles. The number of carbonyl (C=O) groups is 1. The van der Waals surface area contributed by atoms with Gasteiger partial charge in [0, 0.05) is 19.0 Å². The lowest BCUT2D eigenvalue weighted by atomic mass is 10.1. The van der Waals surface area contributed by atoms with Crippen molar-refractivity contribution in [2.24, 2.45) is 7.05 Å². The minimum Gasteiger partial charge on any atom is -0.486 e. The summed E-state index contributed by atoms with van der Waals surface area (Å²) in [6.45, 7) is 1.54. The fourth-order valence-electron chi connectivity index (χ4n) is 3.11. The van der Waals surface area contributed by atoms with Gasteiger partial charge in [-0.3, -0.25) is 9.59 Å². The first kappa shape index (κ1) is 17.1. The van der Waals surface area contributed by atoms with Crippen molar-refractivity contribution in [1.82, 2.24) is 15.1 Å². The number of benzene rings is 2. The second kappa shape index (κ2) is 7.11. The molecule has 1 aromatic heterocycles. The number of aromatic nitrogens is 2. The molecule has 2 aromatic carbocycles. The van der Waals surface area contributed by atoms with Gasteiger partial charge in [0.25, 0.3) is 11.5 Å². The van der Waals surface area contributed by atoms with E-state index >= 15 is 0 Å². The Kier molecular flexibility index (Phi) is 4.50. The lowest BCUT2D eigenvalue weighted by molar-refractivity contribution is 0.0949. The van der Waals surface area contributed by atoms with Crippen molar-refractivity contribution in [2.45, 2.75) is 6.42 Å². The van der Waals surface area contributed by atoms with Crippen molar-refractivity contribution in [3.63, 3.8) is 0 Å². The van der Waals surface area contributed by atoms with Gasteiger partial charge in [0.05, 0.1) is 5.39 Å². The van der Waals surface area contributed by atoms with Gasteiger partial charge in [-0.1, -0.05) is 24.3 Å². The van der Waals surface area contributed by atoms with Crippen molar-refractivity contribution >= 4 is 16.7 Å². The molecule has 3 aromatic rings. The SMILES string of the molecule is Cn1nc(C(=O)NCCc2ccc3c(c2)OCCO3)c2ccccc2c1=O. The van der Waals surface area contributed by atoms with Gasteiger partial charge in [0.1, 0.15) is 13.2 Å².